The highest BCUT2D eigenvalue weighted by molar-refractivity contribution is 7.19. The maximum atomic E-state index is 12.8. The molecular formula is C26H26N4O4S. The van der Waals surface area contributed by atoms with Crippen molar-refractivity contribution in [3.8, 4) is 11.1 Å². The number of hydrogen-bond acceptors (Lipinski definition) is 9. The minimum Gasteiger partial charge on any atom is -0.465 e. The molecular weight excluding hydrogens is 464 g/mol. The Labute approximate surface area is 207 Å². The quantitative estimate of drug-likeness (QED) is 0.261. The van der Waals surface area contributed by atoms with E-state index in [-0.39, 0.29) is 19.0 Å². The zero-order valence-corrected chi connectivity index (χ0v) is 20.6. The number of fused-ring (bicyclic) bond motifs is 1. The summed E-state index contributed by atoms with van der Waals surface area (Å²) in [6.45, 7) is 6.03. The highest BCUT2D eigenvalue weighted by Gasteiger charge is 2.35. The van der Waals surface area contributed by atoms with Crippen LogP contribution in [0.2, 0.25) is 0 Å². The number of hydrogen-bond donors (Lipinski definition) is 1. The third-order valence-electron chi connectivity index (χ3n) is 5.27. The lowest BCUT2D eigenvalue weighted by Crippen LogP contribution is -2.28. The first kappa shape index (κ1) is 24.3. The fourth-order valence-electron chi connectivity index (χ4n) is 3.77. The van der Waals surface area contributed by atoms with Gasteiger partial charge in [-0.2, -0.15) is 0 Å². The van der Waals surface area contributed by atoms with Crippen LogP contribution in [0.4, 0.5) is 5.82 Å². The van der Waals surface area contributed by atoms with Gasteiger partial charge in [0, 0.05) is 16.6 Å². The predicted octanol–water partition coefficient (Wildman–Crippen LogP) is 4.88. The molecule has 0 amide bonds. The normalized spacial score (nSPS) is 11.0. The van der Waals surface area contributed by atoms with Gasteiger partial charge in [0.1, 0.15) is 10.6 Å². The van der Waals surface area contributed by atoms with Crippen LogP contribution in [0.5, 0.6) is 0 Å². The number of nitrogens with one attached hydrogen (secondary N) is 1. The second-order valence-corrected chi connectivity index (χ2v) is 8.82. The average molecular weight is 491 g/mol. The monoisotopic (exact) mass is 490 g/mol. The van der Waals surface area contributed by atoms with Crippen molar-refractivity contribution in [1.82, 2.24) is 15.0 Å². The van der Waals surface area contributed by atoms with Crippen molar-refractivity contribution in [3.05, 3.63) is 71.1 Å². The van der Waals surface area contributed by atoms with Crippen molar-refractivity contribution in [2.24, 2.45) is 0 Å². The highest BCUT2D eigenvalue weighted by atomic mass is 32.1. The Morgan fingerprint density at radius 3 is 2.29 bits per heavy atom. The summed E-state index contributed by atoms with van der Waals surface area (Å²) in [5.41, 5.74) is 2.85. The number of carbonyl (C=O) groups is 2. The molecule has 0 unspecified atom stereocenters. The van der Waals surface area contributed by atoms with Crippen LogP contribution in [0.25, 0.3) is 21.3 Å². The standard InChI is InChI=1S/C26H26N4O4S/c1-4-33-25(31)21(26(32)34-5-2)23-29-22(28-15-18-13-9-10-14-27-18)20-19(16(3)35-24(20)30-23)17-11-7-6-8-12-17/h6-14,21H,4-5,15H2,1-3H3,(H,28,29,30). The lowest BCUT2D eigenvalue weighted by Gasteiger charge is -2.16. The van der Waals surface area contributed by atoms with Gasteiger partial charge in [-0.05, 0) is 38.5 Å². The van der Waals surface area contributed by atoms with Crippen LogP contribution in [0.3, 0.4) is 0 Å². The van der Waals surface area contributed by atoms with Crippen molar-refractivity contribution < 1.29 is 19.1 Å². The minimum atomic E-state index is -1.38. The number of carbonyl (C=O) groups excluding carboxylic acids is 2. The van der Waals surface area contributed by atoms with Gasteiger partial charge in [-0.15, -0.1) is 11.3 Å². The van der Waals surface area contributed by atoms with Crippen molar-refractivity contribution in [3.63, 3.8) is 0 Å². The van der Waals surface area contributed by atoms with E-state index in [1.807, 2.05) is 55.5 Å². The van der Waals surface area contributed by atoms with E-state index >= 15 is 0 Å². The number of anilines is 1. The largest absolute Gasteiger partial charge is 0.465 e. The maximum Gasteiger partial charge on any atom is 0.328 e. The molecule has 0 fully saturated rings. The van der Waals surface area contributed by atoms with Crippen LogP contribution in [0.15, 0.2) is 54.7 Å². The molecule has 9 heteroatoms. The molecule has 0 saturated carbocycles. The zero-order valence-electron chi connectivity index (χ0n) is 19.8. The Kier molecular flexibility index (Phi) is 7.67. The van der Waals surface area contributed by atoms with Crippen LogP contribution in [-0.4, -0.2) is 40.1 Å². The topological polar surface area (TPSA) is 103 Å². The first-order valence-corrected chi connectivity index (χ1v) is 12.2. The number of pyridine rings is 1. The van der Waals surface area contributed by atoms with E-state index in [4.69, 9.17) is 9.47 Å². The van der Waals surface area contributed by atoms with Crippen LogP contribution < -0.4 is 5.32 Å². The van der Waals surface area contributed by atoms with Gasteiger partial charge in [-0.1, -0.05) is 36.4 Å². The van der Waals surface area contributed by atoms with E-state index in [2.05, 4.69) is 20.3 Å². The van der Waals surface area contributed by atoms with Gasteiger partial charge < -0.3 is 14.8 Å². The smallest absolute Gasteiger partial charge is 0.328 e. The Hall–Kier alpha value is -3.85. The Bertz CT molecular complexity index is 1310. The third kappa shape index (κ3) is 5.30. The number of aryl methyl sites for hydroxylation is 1. The minimum absolute atomic E-state index is 0.0405. The van der Waals surface area contributed by atoms with Crippen molar-refractivity contribution in [1.29, 1.82) is 0 Å². The number of nitrogens with zero attached hydrogens (tertiary/aromatic N) is 3. The van der Waals surface area contributed by atoms with Gasteiger partial charge in [0.15, 0.2) is 5.82 Å². The van der Waals surface area contributed by atoms with E-state index in [9.17, 15) is 9.59 Å². The van der Waals surface area contributed by atoms with Gasteiger partial charge in [0.05, 0.1) is 30.8 Å². The van der Waals surface area contributed by atoms with E-state index < -0.39 is 17.9 Å². The Balaban J connectivity index is 1.88. The van der Waals surface area contributed by atoms with Gasteiger partial charge in [0.25, 0.3) is 0 Å². The molecule has 35 heavy (non-hydrogen) atoms. The average Bonchev–Trinajstić information content (AvgIpc) is 3.20. The van der Waals surface area contributed by atoms with Crippen molar-refractivity contribution in [2.45, 2.75) is 33.2 Å². The molecule has 0 radical (unpaired) electrons. The number of ether oxygens (including phenoxy) is 2. The second-order valence-electron chi connectivity index (χ2n) is 7.62. The molecule has 180 valence electrons. The van der Waals surface area contributed by atoms with Crippen LogP contribution in [-0.2, 0) is 25.6 Å². The molecule has 0 bridgehead atoms. The first-order chi connectivity index (χ1) is 17.0. The second kappa shape index (κ2) is 11.1. The van der Waals surface area contributed by atoms with E-state index in [0.29, 0.717) is 17.2 Å². The molecule has 3 heterocycles. The first-order valence-electron chi connectivity index (χ1n) is 11.4. The third-order valence-corrected chi connectivity index (χ3v) is 6.27. The van der Waals surface area contributed by atoms with Crippen LogP contribution >= 0.6 is 11.3 Å². The fourth-order valence-corrected chi connectivity index (χ4v) is 4.82. The molecule has 0 aliphatic heterocycles. The Morgan fingerprint density at radius 1 is 0.971 bits per heavy atom. The molecule has 0 spiro atoms. The van der Waals surface area contributed by atoms with E-state index in [1.54, 1.807) is 20.0 Å². The van der Waals surface area contributed by atoms with E-state index in [1.165, 1.54) is 11.3 Å². The molecule has 0 saturated heterocycles. The predicted molar refractivity (Wildman–Crippen MR) is 135 cm³/mol. The summed E-state index contributed by atoms with van der Waals surface area (Å²) >= 11 is 1.48. The summed E-state index contributed by atoms with van der Waals surface area (Å²) in [6, 6.07) is 15.7. The van der Waals surface area contributed by atoms with E-state index in [0.717, 1.165) is 27.1 Å². The maximum absolute atomic E-state index is 12.8. The molecule has 0 aliphatic rings. The van der Waals surface area contributed by atoms with Crippen molar-refractivity contribution >= 4 is 39.3 Å². The summed E-state index contributed by atoms with van der Waals surface area (Å²) in [6.07, 6.45) is 1.72. The van der Waals surface area contributed by atoms with Gasteiger partial charge >= 0.3 is 11.9 Å². The molecule has 0 atom stereocenters. The molecule has 4 rings (SSSR count). The van der Waals surface area contributed by atoms with Gasteiger partial charge in [-0.25, -0.2) is 9.97 Å². The molecule has 1 N–H and O–H groups in total. The summed E-state index contributed by atoms with van der Waals surface area (Å²) < 4.78 is 10.3. The highest BCUT2D eigenvalue weighted by Crippen LogP contribution is 2.41. The summed E-state index contributed by atoms with van der Waals surface area (Å²) in [5.74, 6) is -2.30. The fraction of sp³-hybridized carbons (Fsp3) is 0.269. The Morgan fingerprint density at radius 2 is 1.66 bits per heavy atom. The number of benzene rings is 1. The molecule has 1 aromatic carbocycles. The number of aromatic nitrogens is 3. The molecule has 4 aromatic rings. The van der Waals surface area contributed by atoms with Gasteiger partial charge in [0.2, 0.25) is 5.92 Å². The van der Waals surface area contributed by atoms with Gasteiger partial charge in [-0.3, -0.25) is 14.6 Å². The van der Waals surface area contributed by atoms with Crippen LogP contribution in [0.1, 0.15) is 36.2 Å². The molecule has 8 nitrogen and oxygen atoms in total. The number of thiophene rings is 1. The number of esters is 2. The summed E-state index contributed by atoms with van der Waals surface area (Å²) in [4.78, 5) is 40.9. The van der Waals surface area contributed by atoms with Crippen LogP contribution in [0, 0.1) is 6.92 Å². The summed E-state index contributed by atoms with van der Waals surface area (Å²) in [7, 11) is 0. The molecule has 3 aromatic heterocycles. The number of rotatable bonds is 9. The lowest BCUT2D eigenvalue weighted by molar-refractivity contribution is -0.157. The lowest BCUT2D eigenvalue weighted by atomic mass is 10.0. The molecule has 0 aliphatic carbocycles. The van der Waals surface area contributed by atoms with Crippen molar-refractivity contribution in [2.75, 3.05) is 18.5 Å². The SMILES string of the molecule is CCOC(=O)C(C(=O)OCC)c1nc(NCc2ccccn2)c2c(-c3ccccc3)c(C)sc2n1. The summed E-state index contributed by atoms with van der Waals surface area (Å²) in [5, 5.41) is 4.18. The zero-order chi connectivity index (χ0) is 24.8.